The van der Waals surface area contributed by atoms with Crippen LogP contribution in [0.2, 0.25) is 0 Å². The summed E-state index contributed by atoms with van der Waals surface area (Å²) in [7, 11) is 1.90. The molecular weight excluding hydrogens is 216 g/mol. The number of nitrogens with zero attached hydrogens (tertiary/aromatic N) is 2. The fourth-order valence-corrected chi connectivity index (χ4v) is 1.53. The van der Waals surface area contributed by atoms with Crippen LogP contribution in [0.4, 0.5) is 0 Å². The minimum atomic E-state index is -0.141. The maximum Gasteiger partial charge on any atom is 0.236 e. The number of hydrogen-bond donors (Lipinski definition) is 2. The van der Waals surface area contributed by atoms with E-state index < -0.39 is 0 Å². The molecule has 0 spiro atoms. The molecule has 0 saturated heterocycles. The van der Waals surface area contributed by atoms with Crippen molar-refractivity contribution in [3.8, 4) is 0 Å². The van der Waals surface area contributed by atoms with Crippen LogP contribution in [0.15, 0.2) is 12.4 Å². The van der Waals surface area contributed by atoms with Crippen molar-refractivity contribution >= 4 is 5.91 Å². The topological polar surface area (TPSA) is 59.0 Å². The first-order valence-electron chi connectivity index (χ1n) is 6.12. The van der Waals surface area contributed by atoms with Gasteiger partial charge in [-0.25, -0.2) is 0 Å². The van der Waals surface area contributed by atoms with Crippen molar-refractivity contribution in [2.75, 3.05) is 13.1 Å². The van der Waals surface area contributed by atoms with Gasteiger partial charge in [-0.05, 0) is 25.3 Å². The second-order valence-corrected chi connectivity index (χ2v) is 4.24. The van der Waals surface area contributed by atoms with Gasteiger partial charge in [-0.2, -0.15) is 5.10 Å². The zero-order valence-corrected chi connectivity index (χ0v) is 10.9. The Morgan fingerprint density at radius 3 is 2.88 bits per heavy atom. The van der Waals surface area contributed by atoms with Crippen LogP contribution in [0.3, 0.4) is 0 Å². The third-order valence-corrected chi connectivity index (χ3v) is 2.57. The summed E-state index contributed by atoms with van der Waals surface area (Å²) in [5.74, 6) is 0.0676. The quantitative estimate of drug-likeness (QED) is 0.726. The summed E-state index contributed by atoms with van der Waals surface area (Å²) >= 11 is 0. The van der Waals surface area contributed by atoms with Gasteiger partial charge in [0.15, 0.2) is 0 Å². The van der Waals surface area contributed by atoms with E-state index in [9.17, 15) is 4.79 Å². The fraction of sp³-hybridized carbons (Fsp3) is 0.667. The van der Waals surface area contributed by atoms with Gasteiger partial charge in [-0.15, -0.1) is 0 Å². The fourth-order valence-electron chi connectivity index (χ4n) is 1.53. The van der Waals surface area contributed by atoms with Gasteiger partial charge in [-0.1, -0.05) is 6.92 Å². The lowest BCUT2D eigenvalue weighted by Crippen LogP contribution is -2.43. The number of aryl methyl sites for hydroxylation is 1. The Kier molecular flexibility index (Phi) is 5.69. The number of rotatable bonds is 7. The van der Waals surface area contributed by atoms with Crippen molar-refractivity contribution < 1.29 is 4.79 Å². The molecule has 1 heterocycles. The molecule has 1 aromatic heterocycles. The van der Waals surface area contributed by atoms with E-state index in [1.807, 2.05) is 33.3 Å². The maximum absolute atomic E-state index is 11.6. The highest BCUT2D eigenvalue weighted by molar-refractivity contribution is 5.81. The van der Waals surface area contributed by atoms with Crippen LogP contribution in [0.25, 0.3) is 0 Å². The molecule has 0 aliphatic carbocycles. The molecule has 1 unspecified atom stereocenters. The van der Waals surface area contributed by atoms with Crippen molar-refractivity contribution in [3.05, 3.63) is 18.0 Å². The SMILES string of the molecule is CCCNC(=O)C(C)NCCc1cnn(C)c1. The van der Waals surface area contributed by atoms with Crippen LogP contribution in [0, 0.1) is 0 Å². The normalized spacial score (nSPS) is 12.4. The highest BCUT2D eigenvalue weighted by Crippen LogP contribution is 1.96. The smallest absolute Gasteiger partial charge is 0.236 e. The molecule has 5 nitrogen and oxygen atoms in total. The molecule has 2 N–H and O–H groups in total. The van der Waals surface area contributed by atoms with Crippen molar-refractivity contribution in [1.82, 2.24) is 20.4 Å². The van der Waals surface area contributed by atoms with Gasteiger partial charge in [-0.3, -0.25) is 9.48 Å². The molecule has 96 valence electrons. The Hall–Kier alpha value is -1.36. The number of aromatic nitrogens is 2. The predicted octanol–water partition coefficient (Wildman–Crippen LogP) is 0.467. The van der Waals surface area contributed by atoms with E-state index in [2.05, 4.69) is 15.7 Å². The summed E-state index contributed by atoms with van der Waals surface area (Å²) in [6.45, 7) is 5.45. The van der Waals surface area contributed by atoms with Gasteiger partial charge in [0.05, 0.1) is 12.2 Å². The number of nitrogens with one attached hydrogen (secondary N) is 2. The second kappa shape index (κ2) is 7.06. The van der Waals surface area contributed by atoms with Crippen LogP contribution in [-0.2, 0) is 18.3 Å². The van der Waals surface area contributed by atoms with Gasteiger partial charge in [0, 0.05) is 26.3 Å². The number of amides is 1. The zero-order valence-electron chi connectivity index (χ0n) is 10.9. The largest absolute Gasteiger partial charge is 0.355 e. The standard InChI is InChI=1S/C12H22N4O/c1-4-6-14-12(17)10(2)13-7-5-11-8-15-16(3)9-11/h8-10,13H,4-7H2,1-3H3,(H,14,17). The van der Waals surface area contributed by atoms with Crippen LogP contribution < -0.4 is 10.6 Å². The predicted molar refractivity (Wildman–Crippen MR) is 67.7 cm³/mol. The van der Waals surface area contributed by atoms with E-state index in [0.717, 1.165) is 25.9 Å². The first-order valence-corrected chi connectivity index (χ1v) is 6.12. The lowest BCUT2D eigenvalue weighted by Gasteiger charge is -2.13. The van der Waals surface area contributed by atoms with Crippen LogP contribution >= 0.6 is 0 Å². The first kappa shape index (κ1) is 13.7. The Balaban J connectivity index is 2.19. The van der Waals surface area contributed by atoms with Crippen LogP contribution in [-0.4, -0.2) is 34.8 Å². The van der Waals surface area contributed by atoms with Crippen LogP contribution in [0.5, 0.6) is 0 Å². The summed E-state index contributed by atoms with van der Waals surface area (Å²) in [5.41, 5.74) is 1.18. The zero-order chi connectivity index (χ0) is 12.7. The molecule has 0 aliphatic heterocycles. The molecule has 1 aromatic rings. The van der Waals surface area contributed by atoms with Gasteiger partial charge >= 0.3 is 0 Å². The molecule has 0 radical (unpaired) electrons. The highest BCUT2D eigenvalue weighted by atomic mass is 16.2. The Morgan fingerprint density at radius 2 is 2.29 bits per heavy atom. The van der Waals surface area contributed by atoms with Gasteiger partial charge in [0.1, 0.15) is 0 Å². The lowest BCUT2D eigenvalue weighted by molar-refractivity contribution is -0.122. The Bertz CT molecular complexity index is 348. The van der Waals surface area contributed by atoms with Crippen molar-refractivity contribution in [3.63, 3.8) is 0 Å². The van der Waals surface area contributed by atoms with Crippen molar-refractivity contribution in [1.29, 1.82) is 0 Å². The molecule has 5 heteroatoms. The average Bonchev–Trinajstić information content (AvgIpc) is 2.71. The van der Waals surface area contributed by atoms with Crippen molar-refractivity contribution in [2.45, 2.75) is 32.7 Å². The van der Waals surface area contributed by atoms with Gasteiger partial charge in [0.2, 0.25) is 5.91 Å². The average molecular weight is 238 g/mol. The molecule has 0 fully saturated rings. The highest BCUT2D eigenvalue weighted by Gasteiger charge is 2.10. The number of hydrogen-bond acceptors (Lipinski definition) is 3. The van der Waals surface area contributed by atoms with E-state index in [1.54, 1.807) is 4.68 Å². The van der Waals surface area contributed by atoms with E-state index in [1.165, 1.54) is 5.56 Å². The minimum Gasteiger partial charge on any atom is -0.355 e. The monoisotopic (exact) mass is 238 g/mol. The molecule has 0 saturated carbocycles. The minimum absolute atomic E-state index is 0.0676. The second-order valence-electron chi connectivity index (χ2n) is 4.24. The number of carbonyl (C=O) groups is 1. The summed E-state index contributed by atoms with van der Waals surface area (Å²) in [4.78, 5) is 11.6. The third-order valence-electron chi connectivity index (χ3n) is 2.57. The van der Waals surface area contributed by atoms with E-state index in [4.69, 9.17) is 0 Å². The summed E-state index contributed by atoms with van der Waals surface area (Å²) in [5, 5.41) is 10.2. The maximum atomic E-state index is 11.6. The Morgan fingerprint density at radius 1 is 1.53 bits per heavy atom. The number of carbonyl (C=O) groups excluding carboxylic acids is 1. The van der Waals surface area contributed by atoms with Gasteiger partial charge < -0.3 is 10.6 Å². The molecule has 0 aromatic carbocycles. The first-order chi connectivity index (χ1) is 8.13. The van der Waals surface area contributed by atoms with Crippen molar-refractivity contribution in [2.24, 2.45) is 7.05 Å². The molecule has 0 bridgehead atoms. The summed E-state index contributed by atoms with van der Waals surface area (Å²) in [6.07, 6.45) is 5.69. The van der Waals surface area contributed by atoms with Gasteiger partial charge in [0.25, 0.3) is 0 Å². The molecule has 1 atom stereocenters. The Labute approximate surface area is 103 Å². The summed E-state index contributed by atoms with van der Waals surface area (Å²) in [6, 6.07) is -0.141. The molecule has 0 aliphatic rings. The molecule has 1 rings (SSSR count). The molecule has 17 heavy (non-hydrogen) atoms. The van der Waals surface area contributed by atoms with E-state index >= 15 is 0 Å². The molecule has 1 amide bonds. The summed E-state index contributed by atoms with van der Waals surface area (Å²) < 4.78 is 1.78. The van der Waals surface area contributed by atoms with E-state index in [0.29, 0.717) is 0 Å². The third kappa shape index (κ3) is 4.99. The van der Waals surface area contributed by atoms with E-state index in [-0.39, 0.29) is 11.9 Å². The molecular formula is C12H22N4O. The van der Waals surface area contributed by atoms with Crippen LogP contribution in [0.1, 0.15) is 25.8 Å². The lowest BCUT2D eigenvalue weighted by atomic mass is 10.2.